The number of nitrogens with one attached hydrogen (secondary N) is 1. The van der Waals surface area contributed by atoms with E-state index in [4.69, 9.17) is 4.74 Å². The zero-order valence-corrected chi connectivity index (χ0v) is 14.9. The molecule has 0 aliphatic heterocycles. The number of thioether (sulfide) groups is 1. The number of nitro groups is 1. The molecule has 136 valence electrons. The maximum Gasteiger partial charge on any atom is 0.351 e. The monoisotopic (exact) mass is 375 g/mol. The topological polar surface area (TPSA) is 122 Å². The number of nitrogens with zero attached hydrogens (tertiary/aromatic N) is 2. The van der Waals surface area contributed by atoms with Gasteiger partial charge in [-0.3, -0.25) is 14.9 Å². The van der Waals surface area contributed by atoms with Gasteiger partial charge in [-0.05, 0) is 6.92 Å². The Morgan fingerprint density at radius 2 is 2.23 bits per heavy atom. The average molecular weight is 375 g/mol. The second kappa shape index (κ2) is 10.7. The summed E-state index contributed by atoms with van der Waals surface area (Å²) < 4.78 is 4.83. The van der Waals surface area contributed by atoms with Crippen LogP contribution in [0.4, 0.5) is 5.69 Å². The van der Waals surface area contributed by atoms with Crippen LogP contribution < -0.4 is 5.32 Å². The molecule has 0 aliphatic carbocycles. The SMILES string of the molecule is C=CCNC(SCC(=O)c1cccc([N+](=O)[O-])c1)=C(C#N)C(=O)OCC. The van der Waals surface area contributed by atoms with E-state index in [1.807, 2.05) is 0 Å². The first-order valence-electron chi connectivity index (χ1n) is 7.51. The molecule has 0 saturated heterocycles. The van der Waals surface area contributed by atoms with Crippen LogP contribution in [0.25, 0.3) is 0 Å². The van der Waals surface area contributed by atoms with Gasteiger partial charge in [0.15, 0.2) is 11.4 Å². The summed E-state index contributed by atoms with van der Waals surface area (Å²) in [6.07, 6.45) is 1.53. The van der Waals surface area contributed by atoms with Gasteiger partial charge in [-0.25, -0.2) is 4.79 Å². The molecular formula is C17H17N3O5S. The highest BCUT2D eigenvalue weighted by atomic mass is 32.2. The molecule has 0 radical (unpaired) electrons. The molecule has 1 N–H and O–H groups in total. The number of benzene rings is 1. The summed E-state index contributed by atoms with van der Waals surface area (Å²) in [7, 11) is 0. The smallest absolute Gasteiger partial charge is 0.351 e. The van der Waals surface area contributed by atoms with E-state index in [0.29, 0.717) is 0 Å². The van der Waals surface area contributed by atoms with E-state index in [1.165, 1.54) is 30.3 Å². The molecule has 0 fully saturated rings. The molecule has 0 saturated carbocycles. The van der Waals surface area contributed by atoms with Crippen molar-refractivity contribution in [1.29, 1.82) is 5.26 Å². The molecule has 0 aromatic heterocycles. The fraction of sp³-hybridized carbons (Fsp3) is 0.235. The maximum absolute atomic E-state index is 12.3. The zero-order chi connectivity index (χ0) is 19.5. The molecule has 0 amide bonds. The average Bonchev–Trinajstić information content (AvgIpc) is 2.64. The first-order valence-corrected chi connectivity index (χ1v) is 8.49. The minimum Gasteiger partial charge on any atom is -0.462 e. The van der Waals surface area contributed by atoms with Crippen molar-refractivity contribution >= 4 is 29.2 Å². The quantitative estimate of drug-likeness (QED) is 0.126. The number of carbonyl (C=O) groups excluding carboxylic acids is 2. The number of non-ortho nitro benzene ring substituents is 1. The summed E-state index contributed by atoms with van der Waals surface area (Å²) in [6, 6.07) is 7.12. The fourth-order valence-electron chi connectivity index (χ4n) is 1.78. The number of ketones is 1. The number of esters is 1. The Bertz CT molecular complexity index is 783. The van der Waals surface area contributed by atoms with Crippen LogP contribution in [-0.2, 0) is 9.53 Å². The third-order valence-corrected chi connectivity index (χ3v) is 4.00. The molecule has 26 heavy (non-hydrogen) atoms. The van der Waals surface area contributed by atoms with Gasteiger partial charge in [-0.15, -0.1) is 6.58 Å². The molecule has 0 atom stereocenters. The first-order chi connectivity index (χ1) is 12.4. The van der Waals surface area contributed by atoms with Crippen LogP contribution in [0.15, 0.2) is 47.5 Å². The minimum absolute atomic E-state index is 0.107. The van der Waals surface area contributed by atoms with Crippen molar-refractivity contribution < 1.29 is 19.2 Å². The Balaban J connectivity index is 2.99. The Morgan fingerprint density at radius 1 is 1.50 bits per heavy atom. The van der Waals surface area contributed by atoms with Crippen molar-refractivity contribution in [2.75, 3.05) is 18.9 Å². The molecule has 1 aromatic carbocycles. The highest BCUT2D eigenvalue weighted by Crippen LogP contribution is 2.21. The maximum atomic E-state index is 12.3. The number of hydrogen-bond acceptors (Lipinski definition) is 8. The van der Waals surface area contributed by atoms with Crippen LogP contribution in [0.3, 0.4) is 0 Å². The van der Waals surface area contributed by atoms with Crippen LogP contribution in [0.5, 0.6) is 0 Å². The summed E-state index contributed by atoms with van der Waals surface area (Å²) in [5.74, 6) is -1.29. The number of Topliss-reactive ketones (excluding diaryl/α,β-unsaturated/α-hetero) is 1. The lowest BCUT2D eigenvalue weighted by Gasteiger charge is -2.11. The van der Waals surface area contributed by atoms with E-state index in [2.05, 4.69) is 11.9 Å². The lowest BCUT2D eigenvalue weighted by atomic mass is 10.1. The Kier molecular flexibility index (Phi) is 8.60. The van der Waals surface area contributed by atoms with Gasteiger partial charge < -0.3 is 10.1 Å². The lowest BCUT2D eigenvalue weighted by Crippen LogP contribution is -2.19. The minimum atomic E-state index is -0.795. The van der Waals surface area contributed by atoms with E-state index in [-0.39, 0.29) is 46.5 Å². The van der Waals surface area contributed by atoms with Crippen molar-refractivity contribution in [3.8, 4) is 6.07 Å². The van der Waals surface area contributed by atoms with Gasteiger partial charge in [0, 0.05) is 24.2 Å². The number of nitriles is 1. The number of rotatable bonds is 10. The van der Waals surface area contributed by atoms with Crippen LogP contribution >= 0.6 is 11.8 Å². The third-order valence-electron chi connectivity index (χ3n) is 2.95. The molecule has 9 heteroatoms. The molecule has 0 spiro atoms. The van der Waals surface area contributed by atoms with Crippen LogP contribution in [0.2, 0.25) is 0 Å². The number of carbonyl (C=O) groups is 2. The summed E-state index contributed by atoms with van der Waals surface area (Å²) in [5.41, 5.74) is -0.263. The van der Waals surface area contributed by atoms with Crippen molar-refractivity contribution in [1.82, 2.24) is 5.32 Å². The van der Waals surface area contributed by atoms with E-state index in [0.717, 1.165) is 11.8 Å². The zero-order valence-electron chi connectivity index (χ0n) is 14.1. The molecule has 1 aromatic rings. The van der Waals surface area contributed by atoms with Crippen LogP contribution in [-0.4, -0.2) is 35.6 Å². The van der Waals surface area contributed by atoms with Gasteiger partial charge in [0.25, 0.3) is 5.69 Å². The van der Waals surface area contributed by atoms with Crippen LogP contribution in [0, 0.1) is 21.4 Å². The third kappa shape index (κ3) is 6.07. The van der Waals surface area contributed by atoms with Crippen molar-refractivity contribution in [3.63, 3.8) is 0 Å². The molecular weight excluding hydrogens is 358 g/mol. The molecule has 8 nitrogen and oxygen atoms in total. The predicted octanol–water partition coefficient (Wildman–Crippen LogP) is 2.58. The Hall–Kier alpha value is -3.12. The van der Waals surface area contributed by atoms with E-state index in [1.54, 1.807) is 13.0 Å². The second-order valence-corrected chi connectivity index (χ2v) is 5.71. The molecule has 1 rings (SSSR count). The fourth-order valence-corrected chi connectivity index (χ4v) is 2.68. The summed E-state index contributed by atoms with van der Waals surface area (Å²) in [6.45, 7) is 5.54. The number of ether oxygens (including phenoxy) is 1. The Morgan fingerprint density at radius 3 is 2.81 bits per heavy atom. The number of hydrogen-bond donors (Lipinski definition) is 1. The van der Waals surface area contributed by atoms with Gasteiger partial charge in [0.2, 0.25) is 0 Å². The van der Waals surface area contributed by atoms with E-state index < -0.39 is 10.9 Å². The number of nitro benzene ring substituents is 1. The summed E-state index contributed by atoms with van der Waals surface area (Å²) in [5, 5.41) is 23.0. The van der Waals surface area contributed by atoms with Crippen molar-refractivity contribution in [3.05, 3.63) is 63.2 Å². The largest absolute Gasteiger partial charge is 0.462 e. The first kappa shape index (κ1) is 20.9. The van der Waals surface area contributed by atoms with Gasteiger partial charge >= 0.3 is 5.97 Å². The van der Waals surface area contributed by atoms with Gasteiger partial charge in [-0.1, -0.05) is 30.0 Å². The van der Waals surface area contributed by atoms with Gasteiger partial charge in [0.05, 0.1) is 22.3 Å². The standard InChI is InChI=1S/C17H17N3O5S/c1-3-8-19-16(14(10-18)17(22)25-4-2)26-11-15(21)12-6-5-7-13(9-12)20(23)24/h3,5-7,9,19H,1,4,8,11H2,2H3. The van der Waals surface area contributed by atoms with Gasteiger partial charge in [0.1, 0.15) is 6.07 Å². The highest BCUT2D eigenvalue weighted by molar-refractivity contribution is 8.03. The normalized spacial score (nSPS) is 10.9. The van der Waals surface area contributed by atoms with Gasteiger partial charge in [-0.2, -0.15) is 5.26 Å². The lowest BCUT2D eigenvalue weighted by molar-refractivity contribution is -0.384. The van der Waals surface area contributed by atoms with Crippen molar-refractivity contribution in [2.45, 2.75) is 6.92 Å². The molecule has 0 heterocycles. The molecule has 0 bridgehead atoms. The second-order valence-electron chi connectivity index (χ2n) is 4.73. The van der Waals surface area contributed by atoms with Crippen molar-refractivity contribution in [2.24, 2.45) is 0 Å². The predicted molar refractivity (Wildman–Crippen MR) is 97.4 cm³/mol. The summed E-state index contributed by atoms with van der Waals surface area (Å²) in [4.78, 5) is 34.4. The summed E-state index contributed by atoms with van der Waals surface area (Å²) >= 11 is 0.944. The highest BCUT2D eigenvalue weighted by Gasteiger charge is 2.19. The molecule has 0 unspecified atom stereocenters. The van der Waals surface area contributed by atoms with E-state index in [9.17, 15) is 25.0 Å². The van der Waals surface area contributed by atoms with E-state index >= 15 is 0 Å². The Labute approximate surface area is 154 Å². The van der Waals surface area contributed by atoms with Crippen LogP contribution in [0.1, 0.15) is 17.3 Å². The molecule has 0 aliphatic rings.